The second-order valence-corrected chi connectivity index (χ2v) is 6.84. The summed E-state index contributed by atoms with van der Waals surface area (Å²) in [5.41, 5.74) is 6.40. The molecule has 0 saturated carbocycles. The van der Waals surface area contributed by atoms with E-state index in [2.05, 4.69) is 0 Å². The van der Waals surface area contributed by atoms with E-state index in [4.69, 9.17) is 15.2 Å². The van der Waals surface area contributed by atoms with Gasteiger partial charge in [-0.2, -0.15) is 0 Å². The van der Waals surface area contributed by atoms with Gasteiger partial charge in [-0.05, 0) is 31.5 Å². The van der Waals surface area contributed by atoms with Crippen LogP contribution >= 0.6 is 0 Å². The van der Waals surface area contributed by atoms with E-state index in [1.807, 2.05) is 6.92 Å². The van der Waals surface area contributed by atoms with Crippen molar-refractivity contribution in [1.82, 2.24) is 0 Å². The fourth-order valence-corrected chi connectivity index (χ4v) is 3.63. The van der Waals surface area contributed by atoms with Gasteiger partial charge in [0.05, 0.1) is 29.4 Å². The van der Waals surface area contributed by atoms with Gasteiger partial charge >= 0.3 is 5.97 Å². The van der Waals surface area contributed by atoms with Crippen LogP contribution in [-0.4, -0.2) is 38.6 Å². The van der Waals surface area contributed by atoms with Crippen LogP contribution in [0, 0.1) is 0 Å². The fourth-order valence-electron chi connectivity index (χ4n) is 2.04. The lowest BCUT2D eigenvalue weighted by Crippen LogP contribution is -2.19. The third-order valence-corrected chi connectivity index (χ3v) is 4.75. The molecule has 1 unspecified atom stereocenters. The summed E-state index contributed by atoms with van der Waals surface area (Å²) in [6.45, 7) is 2.32. The maximum Gasteiger partial charge on any atom is 0.338 e. The summed E-state index contributed by atoms with van der Waals surface area (Å²) in [5, 5.41) is 0. The maximum atomic E-state index is 11.9. The average molecular weight is 299 g/mol. The minimum atomic E-state index is -3.07. The standard InChI is InChI=1S/C13H17NO5S/c1-2-18-12-4-3-9(7-11(12)14)13(15)19-10-5-6-20(16,17)8-10/h3-4,7,10H,2,5-6,8,14H2,1H3. The van der Waals surface area contributed by atoms with Crippen molar-refractivity contribution >= 4 is 21.5 Å². The van der Waals surface area contributed by atoms with E-state index in [1.54, 1.807) is 12.1 Å². The van der Waals surface area contributed by atoms with Crippen LogP contribution in [0.4, 0.5) is 5.69 Å². The summed E-state index contributed by atoms with van der Waals surface area (Å²) in [7, 11) is -3.07. The van der Waals surface area contributed by atoms with Crippen molar-refractivity contribution in [2.75, 3.05) is 23.8 Å². The van der Waals surface area contributed by atoms with E-state index in [1.165, 1.54) is 6.07 Å². The van der Waals surface area contributed by atoms with Crippen molar-refractivity contribution in [1.29, 1.82) is 0 Å². The van der Waals surface area contributed by atoms with Gasteiger partial charge in [-0.25, -0.2) is 13.2 Å². The van der Waals surface area contributed by atoms with Crippen molar-refractivity contribution < 1.29 is 22.7 Å². The van der Waals surface area contributed by atoms with Crippen LogP contribution in [0.2, 0.25) is 0 Å². The van der Waals surface area contributed by atoms with Crippen LogP contribution in [0.25, 0.3) is 0 Å². The molecule has 0 radical (unpaired) electrons. The van der Waals surface area contributed by atoms with Crippen molar-refractivity contribution in [2.45, 2.75) is 19.4 Å². The number of nitrogen functional groups attached to an aromatic ring is 1. The smallest absolute Gasteiger partial charge is 0.338 e. The van der Waals surface area contributed by atoms with Crippen LogP contribution in [0.15, 0.2) is 18.2 Å². The monoisotopic (exact) mass is 299 g/mol. The van der Waals surface area contributed by atoms with E-state index in [-0.39, 0.29) is 17.1 Å². The first-order valence-electron chi connectivity index (χ1n) is 6.35. The van der Waals surface area contributed by atoms with Gasteiger partial charge in [-0.3, -0.25) is 0 Å². The summed E-state index contributed by atoms with van der Waals surface area (Å²) in [6.07, 6.45) is -0.221. The molecule has 0 bridgehead atoms. The Hall–Kier alpha value is -1.76. The lowest BCUT2D eigenvalue weighted by Gasteiger charge is -2.12. The molecule has 0 amide bonds. The Kier molecular flexibility index (Phi) is 4.17. The number of nitrogens with two attached hydrogens (primary N) is 1. The molecule has 6 nitrogen and oxygen atoms in total. The second-order valence-electron chi connectivity index (χ2n) is 4.62. The predicted octanol–water partition coefficient (Wildman–Crippen LogP) is 1.01. The molecular formula is C13H17NO5S. The zero-order chi connectivity index (χ0) is 14.8. The van der Waals surface area contributed by atoms with Crippen LogP contribution in [0.3, 0.4) is 0 Å². The Morgan fingerprint density at radius 2 is 2.20 bits per heavy atom. The first-order valence-corrected chi connectivity index (χ1v) is 8.17. The number of carbonyl (C=O) groups excluding carboxylic acids is 1. The van der Waals surface area contributed by atoms with Crippen LogP contribution in [0.1, 0.15) is 23.7 Å². The molecular weight excluding hydrogens is 282 g/mol. The highest BCUT2D eigenvalue weighted by molar-refractivity contribution is 7.91. The minimum absolute atomic E-state index is 0.0658. The van der Waals surface area contributed by atoms with Crippen LogP contribution in [0.5, 0.6) is 5.75 Å². The normalized spacial score (nSPS) is 20.6. The van der Waals surface area contributed by atoms with Gasteiger partial charge in [0.15, 0.2) is 9.84 Å². The van der Waals surface area contributed by atoms with Crippen molar-refractivity contribution in [2.24, 2.45) is 0 Å². The highest BCUT2D eigenvalue weighted by Crippen LogP contribution is 2.24. The SMILES string of the molecule is CCOc1ccc(C(=O)OC2CCS(=O)(=O)C2)cc1N. The molecule has 1 atom stereocenters. The molecule has 1 aromatic rings. The molecule has 7 heteroatoms. The number of hydrogen-bond donors (Lipinski definition) is 1. The molecule has 2 rings (SSSR count). The summed E-state index contributed by atoms with van der Waals surface area (Å²) < 4.78 is 33.1. The Labute approximate surface area is 117 Å². The molecule has 1 fully saturated rings. The molecule has 1 saturated heterocycles. The summed E-state index contributed by atoms with van der Waals surface area (Å²) in [5.74, 6) is -0.101. The minimum Gasteiger partial charge on any atom is -0.492 e. The van der Waals surface area contributed by atoms with Gasteiger partial charge in [0.1, 0.15) is 11.9 Å². The van der Waals surface area contributed by atoms with Gasteiger partial charge in [-0.15, -0.1) is 0 Å². The summed E-state index contributed by atoms with van der Waals surface area (Å²) >= 11 is 0. The first-order chi connectivity index (χ1) is 9.41. The number of benzene rings is 1. The molecule has 1 heterocycles. The molecule has 0 spiro atoms. The molecule has 1 aliphatic heterocycles. The van der Waals surface area contributed by atoms with Crippen molar-refractivity contribution in [3.8, 4) is 5.75 Å². The topological polar surface area (TPSA) is 95.7 Å². The Morgan fingerprint density at radius 3 is 2.75 bits per heavy atom. The molecule has 0 aliphatic carbocycles. The van der Waals surface area contributed by atoms with Crippen LogP contribution in [-0.2, 0) is 14.6 Å². The number of esters is 1. The molecule has 110 valence electrons. The highest BCUT2D eigenvalue weighted by Gasteiger charge is 2.31. The number of ether oxygens (including phenoxy) is 2. The van der Waals surface area contributed by atoms with Gasteiger partial charge in [-0.1, -0.05) is 0 Å². The fraction of sp³-hybridized carbons (Fsp3) is 0.462. The number of sulfone groups is 1. The molecule has 1 aliphatic rings. The predicted molar refractivity (Wildman–Crippen MR) is 74.5 cm³/mol. The molecule has 1 aromatic carbocycles. The lowest BCUT2D eigenvalue weighted by atomic mass is 10.2. The maximum absolute atomic E-state index is 11.9. The third-order valence-electron chi connectivity index (χ3n) is 3.01. The zero-order valence-electron chi connectivity index (χ0n) is 11.2. The largest absolute Gasteiger partial charge is 0.492 e. The van der Waals surface area contributed by atoms with Crippen molar-refractivity contribution in [3.05, 3.63) is 23.8 Å². The molecule has 20 heavy (non-hydrogen) atoms. The van der Waals surface area contributed by atoms with Gasteiger partial charge in [0.2, 0.25) is 0 Å². The molecule has 2 N–H and O–H groups in total. The van der Waals surface area contributed by atoms with E-state index in [0.29, 0.717) is 24.5 Å². The first kappa shape index (κ1) is 14.6. The Balaban J connectivity index is 2.04. The van der Waals surface area contributed by atoms with Gasteiger partial charge < -0.3 is 15.2 Å². The highest BCUT2D eigenvalue weighted by atomic mass is 32.2. The number of anilines is 1. The Morgan fingerprint density at radius 1 is 1.45 bits per heavy atom. The average Bonchev–Trinajstić information content (AvgIpc) is 2.71. The van der Waals surface area contributed by atoms with Crippen LogP contribution < -0.4 is 10.5 Å². The second kappa shape index (κ2) is 5.70. The molecule has 0 aromatic heterocycles. The lowest BCUT2D eigenvalue weighted by molar-refractivity contribution is 0.0356. The Bertz CT molecular complexity index is 611. The third kappa shape index (κ3) is 3.41. The van der Waals surface area contributed by atoms with E-state index in [9.17, 15) is 13.2 Å². The van der Waals surface area contributed by atoms with Crippen molar-refractivity contribution in [3.63, 3.8) is 0 Å². The van der Waals surface area contributed by atoms with E-state index < -0.39 is 21.9 Å². The quantitative estimate of drug-likeness (QED) is 0.658. The summed E-state index contributed by atoms with van der Waals surface area (Å²) in [6, 6.07) is 4.62. The van der Waals surface area contributed by atoms with E-state index in [0.717, 1.165) is 0 Å². The van der Waals surface area contributed by atoms with Gasteiger partial charge in [0.25, 0.3) is 0 Å². The summed E-state index contributed by atoms with van der Waals surface area (Å²) in [4.78, 5) is 11.9. The number of carbonyl (C=O) groups is 1. The number of hydrogen-bond acceptors (Lipinski definition) is 6. The van der Waals surface area contributed by atoms with Gasteiger partial charge in [0, 0.05) is 0 Å². The number of rotatable bonds is 4. The van der Waals surface area contributed by atoms with E-state index >= 15 is 0 Å². The zero-order valence-corrected chi connectivity index (χ0v) is 12.0.